The molecule has 0 amide bonds. The van der Waals surface area contributed by atoms with Crippen molar-refractivity contribution in [2.75, 3.05) is 6.54 Å². The second kappa shape index (κ2) is 5.02. The van der Waals surface area contributed by atoms with Crippen LogP contribution in [0.15, 0.2) is 24.4 Å². The molecule has 17 heavy (non-hydrogen) atoms. The molecule has 6 heteroatoms. The quantitative estimate of drug-likeness (QED) is 0.880. The maximum atomic E-state index is 5.91. The number of aromatic nitrogens is 2. The lowest BCUT2D eigenvalue weighted by Gasteiger charge is -2.08. The van der Waals surface area contributed by atoms with Gasteiger partial charge in [-0.2, -0.15) is 0 Å². The highest BCUT2D eigenvalue weighted by Gasteiger charge is 2.29. The molecule has 2 rings (SSSR count). The molecule has 0 saturated heterocycles. The van der Waals surface area contributed by atoms with Gasteiger partial charge in [0.05, 0.1) is 11.2 Å². The van der Waals surface area contributed by atoms with Crippen LogP contribution in [-0.2, 0) is 10.3 Å². The highest BCUT2D eigenvalue weighted by molar-refractivity contribution is 6.66. The number of pyridine rings is 1. The van der Waals surface area contributed by atoms with Crippen LogP contribution in [0.2, 0.25) is 0 Å². The monoisotopic (exact) mass is 291 g/mol. The topological polar surface area (TPSA) is 29.3 Å². The first-order valence-corrected chi connectivity index (χ1v) is 6.41. The minimum Gasteiger partial charge on any atom is -0.311 e. The van der Waals surface area contributed by atoms with Crippen molar-refractivity contribution in [3.8, 4) is 0 Å². The van der Waals surface area contributed by atoms with Gasteiger partial charge in [-0.1, -0.05) is 47.8 Å². The van der Waals surface area contributed by atoms with E-state index in [1.807, 2.05) is 31.3 Å². The molecular formula is C11H12Cl3N3. The van der Waals surface area contributed by atoms with Crippen molar-refractivity contribution in [1.82, 2.24) is 14.7 Å². The smallest absolute Gasteiger partial charge is 0.248 e. The summed E-state index contributed by atoms with van der Waals surface area (Å²) in [7, 11) is 0. The van der Waals surface area contributed by atoms with Gasteiger partial charge in [0.2, 0.25) is 3.79 Å². The number of rotatable bonds is 3. The number of halogens is 3. The predicted molar refractivity (Wildman–Crippen MR) is 71.8 cm³/mol. The Bertz CT molecular complexity index is 516. The second-order valence-electron chi connectivity index (χ2n) is 3.62. The number of hydrogen-bond donors (Lipinski definition) is 1. The molecule has 2 aromatic rings. The number of fused-ring (bicyclic) bond motifs is 1. The number of nitrogens with one attached hydrogen (secondary N) is 1. The molecule has 0 unspecified atom stereocenters. The first-order valence-electron chi connectivity index (χ1n) is 5.28. The van der Waals surface area contributed by atoms with Gasteiger partial charge in [-0.25, -0.2) is 4.98 Å². The van der Waals surface area contributed by atoms with Crippen molar-refractivity contribution in [2.45, 2.75) is 17.3 Å². The molecule has 0 aliphatic rings. The Morgan fingerprint density at radius 1 is 1.35 bits per heavy atom. The van der Waals surface area contributed by atoms with Gasteiger partial charge < -0.3 is 5.32 Å². The predicted octanol–water partition coefficient (Wildman–Crippen LogP) is 3.27. The molecule has 0 aliphatic carbocycles. The van der Waals surface area contributed by atoms with Crippen LogP contribution >= 0.6 is 34.8 Å². The Labute approximate surface area is 115 Å². The molecule has 0 atom stereocenters. The highest BCUT2D eigenvalue weighted by atomic mass is 35.6. The summed E-state index contributed by atoms with van der Waals surface area (Å²) in [4.78, 5) is 4.40. The Hall–Kier alpha value is -0.480. The molecule has 0 aliphatic heterocycles. The van der Waals surface area contributed by atoms with Crippen LogP contribution in [0.3, 0.4) is 0 Å². The van der Waals surface area contributed by atoms with Crippen LogP contribution in [0.1, 0.15) is 18.4 Å². The maximum Gasteiger partial charge on any atom is 0.248 e. The lowest BCUT2D eigenvalue weighted by molar-refractivity contribution is 0.715. The number of nitrogens with zero attached hydrogens (tertiary/aromatic N) is 2. The molecule has 92 valence electrons. The minimum atomic E-state index is -1.52. The second-order valence-corrected chi connectivity index (χ2v) is 5.90. The van der Waals surface area contributed by atoms with Gasteiger partial charge in [-0.3, -0.25) is 4.40 Å². The third-order valence-corrected chi connectivity index (χ3v) is 2.93. The normalized spacial score (nSPS) is 12.2. The van der Waals surface area contributed by atoms with E-state index in [0.717, 1.165) is 17.8 Å². The van der Waals surface area contributed by atoms with Crippen molar-refractivity contribution in [1.29, 1.82) is 0 Å². The lowest BCUT2D eigenvalue weighted by Crippen LogP contribution is -2.12. The Morgan fingerprint density at radius 3 is 2.76 bits per heavy atom. The Kier molecular flexibility index (Phi) is 3.83. The molecule has 0 spiro atoms. The molecule has 0 saturated carbocycles. The molecule has 2 heterocycles. The zero-order chi connectivity index (χ0) is 12.5. The summed E-state index contributed by atoms with van der Waals surface area (Å²) in [5, 5.41) is 3.22. The molecule has 0 aromatic carbocycles. The number of imidazole rings is 1. The summed E-state index contributed by atoms with van der Waals surface area (Å²) in [6.07, 6.45) is 1.84. The molecule has 2 aromatic heterocycles. The van der Waals surface area contributed by atoms with Crippen molar-refractivity contribution in [2.24, 2.45) is 0 Å². The number of hydrogen-bond acceptors (Lipinski definition) is 2. The van der Waals surface area contributed by atoms with Crippen LogP contribution in [0.4, 0.5) is 0 Å². The summed E-state index contributed by atoms with van der Waals surface area (Å²) >= 11 is 17.7. The molecule has 0 fully saturated rings. The highest BCUT2D eigenvalue weighted by Crippen LogP contribution is 2.38. The van der Waals surface area contributed by atoms with Crippen LogP contribution < -0.4 is 5.32 Å². The van der Waals surface area contributed by atoms with E-state index in [9.17, 15) is 0 Å². The SMILES string of the molecule is CCNCc1nc(C(Cl)(Cl)Cl)n2ccccc12. The fraction of sp³-hybridized carbons (Fsp3) is 0.364. The molecule has 1 N–H and O–H groups in total. The Balaban J connectivity index is 2.55. The number of alkyl halides is 3. The summed E-state index contributed by atoms with van der Waals surface area (Å²) in [6.45, 7) is 3.56. The Morgan fingerprint density at radius 2 is 2.12 bits per heavy atom. The fourth-order valence-corrected chi connectivity index (χ4v) is 2.08. The zero-order valence-electron chi connectivity index (χ0n) is 9.25. The van der Waals surface area contributed by atoms with Crippen molar-refractivity contribution >= 4 is 40.3 Å². The zero-order valence-corrected chi connectivity index (χ0v) is 11.5. The van der Waals surface area contributed by atoms with E-state index in [4.69, 9.17) is 34.8 Å². The van der Waals surface area contributed by atoms with Crippen molar-refractivity contribution in [3.63, 3.8) is 0 Å². The van der Waals surface area contributed by atoms with Gasteiger partial charge in [0.25, 0.3) is 0 Å². The van der Waals surface area contributed by atoms with Crippen molar-refractivity contribution in [3.05, 3.63) is 35.9 Å². The van der Waals surface area contributed by atoms with Gasteiger partial charge in [-0.15, -0.1) is 0 Å². The first-order chi connectivity index (χ1) is 8.04. The third kappa shape index (κ3) is 2.68. The van der Waals surface area contributed by atoms with E-state index in [0.29, 0.717) is 12.4 Å². The van der Waals surface area contributed by atoms with E-state index < -0.39 is 3.79 Å². The van der Waals surface area contributed by atoms with E-state index in [1.165, 1.54) is 0 Å². The van der Waals surface area contributed by atoms with Gasteiger partial charge >= 0.3 is 0 Å². The van der Waals surface area contributed by atoms with Gasteiger partial charge in [0, 0.05) is 12.7 Å². The average molecular weight is 293 g/mol. The maximum absolute atomic E-state index is 5.91. The first kappa shape index (κ1) is 13.0. The van der Waals surface area contributed by atoms with Crippen LogP contribution in [-0.4, -0.2) is 15.9 Å². The van der Waals surface area contributed by atoms with Gasteiger partial charge in [-0.05, 0) is 18.7 Å². The molecule has 3 nitrogen and oxygen atoms in total. The van der Waals surface area contributed by atoms with E-state index in [1.54, 1.807) is 4.40 Å². The minimum absolute atomic E-state index is 0.422. The largest absolute Gasteiger partial charge is 0.311 e. The van der Waals surface area contributed by atoms with Gasteiger partial charge in [0.15, 0.2) is 5.82 Å². The average Bonchev–Trinajstić information content (AvgIpc) is 2.65. The molecular weight excluding hydrogens is 281 g/mol. The lowest BCUT2D eigenvalue weighted by atomic mass is 10.3. The third-order valence-electron chi connectivity index (χ3n) is 2.42. The summed E-state index contributed by atoms with van der Waals surface area (Å²) < 4.78 is 0.286. The fourth-order valence-electron chi connectivity index (χ4n) is 1.68. The summed E-state index contributed by atoms with van der Waals surface area (Å²) in [5.41, 5.74) is 1.84. The van der Waals surface area contributed by atoms with E-state index in [-0.39, 0.29) is 0 Å². The molecule has 0 bridgehead atoms. The van der Waals surface area contributed by atoms with Crippen LogP contribution in [0.5, 0.6) is 0 Å². The van der Waals surface area contributed by atoms with Crippen molar-refractivity contribution < 1.29 is 0 Å². The summed E-state index contributed by atoms with van der Waals surface area (Å²) in [6, 6.07) is 5.78. The van der Waals surface area contributed by atoms with Crippen LogP contribution in [0, 0.1) is 0 Å². The van der Waals surface area contributed by atoms with E-state index in [2.05, 4.69) is 10.3 Å². The molecule has 0 radical (unpaired) electrons. The van der Waals surface area contributed by atoms with Crippen LogP contribution in [0.25, 0.3) is 5.52 Å². The van der Waals surface area contributed by atoms with E-state index >= 15 is 0 Å². The summed E-state index contributed by atoms with van der Waals surface area (Å²) in [5.74, 6) is 0.422. The standard InChI is InChI=1S/C11H12Cl3N3/c1-2-15-7-8-9-5-3-4-6-17(9)10(16-8)11(12,13)14/h3-6,15H,2,7H2,1H3. The van der Waals surface area contributed by atoms with Gasteiger partial charge in [0.1, 0.15) is 0 Å².